The maximum absolute atomic E-state index is 10.3. The average Bonchev–Trinajstić information content (AvgIpc) is 2.32. The zero-order valence-electron chi connectivity index (χ0n) is 9.80. The van der Waals surface area contributed by atoms with Crippen LogP contribution in [0.15, 0.2) is 67.2 Å². The summed E-state index contributed by atoms with van der Waals surface area (Å²) in [5.74, 6) is 0.0718. The van der Waals surface area contributed by atoms with E-state index in [-0.39, 0.29) is 28.8 Å². The molecule has 0 unspecified atom stereocenters. The molecule has 2 heteroatoms. The molecule has 0 aliphatic carbocycles. The van der Waals surface area contributed by atoms with Gasteiger partial charge < -0.3 is 5.11 Å². The van der Waals surface area contributed by atoms with Crippen molar-refractivity contribution in [3.63, 3.8) is 0 Å². The zero-order valence-corrected chi connectivity index (χ0v) is 11.2. The fourth-order valence-corrected chi connectivity index (χ4v) is 1.09. The fourth-order valence-electron chi connectivity index (χ4n) is 1.09. The molecule has 82 valence electrons. The van der Waals surface area contributed by atoms with Crippen LogP contribution in [0, 0.1) is 6.92 Å². The summed E-state index contributed by atoms with van der Waals surface area (Å²) >= 11 is 0. The van der Waals surface area contributed by atoms with Crippen molar-refractivity contribution < 1.29 is 5.11 Å². The normalized spacial score (nSPS) is 8.24. The standard InChI is InChI=1S/C9H9.C6H6O.Mg/c1-8(2)9-6-4-3-5-7-9;7-6-4-2-1-3-5-6;/h3-7H,1-2H2;1-5,7H;/q-1;;+2/p-1. The first-order valence-electron chi connectivity index (χ1n) is 4.98. The van der Waals surface area contributed by atoms with Crippen LogP contribution >= 0.6 is 0 Å². The van der Waals surface area contributed by atoms with E-state index in [1.165, 1.54) is 12.1 Å². The van der Waals surface area contributed by atoms with Gasteiger partial charge in [-0.3, -0.25) is 0 Å². The molecule has 2 aromatic carbocycles. The third kappa shape index (κ3) is 6.71. The fraction of sp³-hybridized carbons (Fsp3) is 0. The van der Waals surface area contributed by atoms with Crippen LogP contribution in [0.25, 0.3) is 5.57 Å². The van der Waals surface area contributed by atoms with Crippen molar-refractivity contribution in [3.05, 3.63) is 79.7 Å². The summed E-state index contributed by atoms with van der Waals surface area (Å²) in [5.41, 5.74) is 1.98. The predicted octanol–water partition coefficient (Wildman–Crippen LogP) is 2.91. The van der Waals surface area contributed by atoms with Gasteiger partial charge in [0.05, 0.1) is 0 Å². The van der Waals surface area contributed by atoms with E-state index in [9.17, 15) is 5.11 Å². The number of benzene rings is 2. The molecule has 0 radical (unpaired) electrons. The topological polar surface area (TPSA) is 23.1 Å². The summed E-state index contributed by atoms with van der Waals surface area (Å²) in [6.45, 7) is 7.43. The molecule has 0 aromatic heterocycles. The van der Waals surface area contributed by atoms with Gasteiger partial charge in [-0.05, 0) is 0 Å². The average molecular weight is 235 g/mol. The van der Waals surface area contributed by atoms with Crippen LogP contribution in [-0.4, -0.2) is 23.1 Å². The van der Waals surface area contributed by atoms with E-state index in [0.717, 1.165) is 11.1 Å². The summed E-state index contributed by atoms with van der Waals surface area (Å²) in [7, 11) is 0. The maximum atomic E-state index is 10.3. The Morgan fingerprint density at radius 1 is 0.882 bits per heavy atom. The van der Waals surface area contributed by atoms with Crippen LogP contribution in [0.1, 0.15) is 5.56 Å². The van der Waals surface area contributed by atoms with E-state index in [4.69, 9.17) is 0 Å². The van der Waals surface area contributed by atoms with Crippen molar-refractivity contribution in [2.24, 2.45) is 0 Å². The maximum Gasteiger partial charge on any atom is 2.00 e. The molecule has 0 spiro atoms. The molecular formula is C15H14MgO. The molecular weight excluding hydrogens is 220 g/mol. The monoisotopic (exact) mass is 234 g/mol. The summed E-state index contributed by atoms with van der Waals surface area (Å²) in [6, 6.07) is 18.3. The predicted molar refractivity (Wildman–Crippen MR) is 72.5 cm³/mol. The van der Waals surface area contributed by atoms with E-state index in [1.807, 2.05) is 36.4 Å². The van der Waals surface area contributed by atoms with Crippen molar-refractivity contribution in [2.75, 3.05) is 0 Å². The molecule has 0 fully saturated rings. The molecule has 0 saturated heterocycles. The van der Waals surface area contributed by atoms with Crippen LogP contribution in [-0.2, 0) is 0 Å². The van der Waals surface area contributed by atoms with E-state index in [0.29, 0.717) is 0 Å². The molecule has 0 N–H and O–H groups in total. The van der Waals surface area contributed by atoms with Crippen molar-refractivity contribution >= 4 is 28.6 Å². The largest absolute Gasteiger partial charge is 2.00 e. The van der Waals surface area contributed by atoms with Gasteiger partial charge in [-0.1, -0.05) is 48.5 Å². The van der Waals surface area contributed by atoms with Crippen LogP contribution in [0.5, 0.6) is 5.75 Å². The first-order chi connectivity index (χ1) is 7.70. The molecule has 0 heterocycles. The number of hydrogen-bond donors (Lipinski definition) is 0. The number of para-hydroxylation sites is 1. The van der Waals surface area contributed by atoms with E-state index in [1.54, 1.807) is 12.1 Å². The number of rotatable bonds is 1. The van der Waals surface area contributed by atoms with Gasteiger partial charge in [-0.25, -0.2) is 0 Å². The second-order valence-electron chi connectivity index (χ2n) is 3.28. The van der Waals surface area contributed by atoms with Gasteiger partial charge in [-0.2, -0.15) is 19.1 Å². The molecule has 0 amide bonds. The molecule has 17 heavy (non-hydrogen) atoms. The van der Waals surface area contributed by atoms with Gasteiger partial charge in [0.1, 0.15) is 0 Å². The third-order valence-corrected chi connectivity index (χ3v) is 1.93. The molecule has 0 aliphatic heterocycles. The van der Waals surface area contributed by atoms with Gasteiger partial charge in [0.15, 0.2) is 0 Å². The first kappa shape index (κ1) is 15.6. The Balaban J connectivity index is 0.000000292. The van der Waals surface area contributed by atoms with Crippen LogP contribution in [0.4, 0.5) is 0 Å². The van der Waals surface area contributed by atoms with E-state index >= 15 is 0 Å². The van der Waals surface area contributed by atoms with E-state index in [2.05, 4.69) is 13.5 Å². The minimum absolute atomic E-state index is 0. The summed E-state index contributed by atoms with van der Waals surface area (Å²) in [5, 5.41) is 10.3. The summed E-state index contributed by atoms with van der Waals surface area (Å²) < 4.78 is 0. The molecule has 2 rings (SSSR count). The quantitative estimate of drug-likeness (QED) is 0.550. The van der Waals surface area contributed by atoms with Crippen LogP contribution < -0.4 is 5.11 Å². The van der Waals surface area contributed by atoms with Crippen LogP contribution in [0.3, 0.4) is 0 Å². The van der Waals surface area contributed by atoms with E-state index < -0.39 is 0 Å². The Morgan fingerprint density at radius 3 is 1.53 bits per heavy atom. The Bertz CT molecular complexity index is 423. The van der Waals surface area contributed by atoms with Gasteiger partial charge in [-0.15, -0.1) is 23.4 Å². The van der Waals surface area contributed by atoms with Crippen molar-refractivity contribution in [2.45, 2.75) is 0 Å². The zero-order chi connectivity index (χ0) is 11.8. The third-order valence-electron chi connectivity index (χ3n) is 1.93. The van der Waals surface area contributed by atoms with Crippen molar-refractivity contribution in [1.82, 2.24) is 0 Å². The smallest absolute Gasteiger partial charge is 0.872 e. The molecule has 0 aliphatic rings. The van der Waals surface area contributed by atoms with Crippen molar-refractivity contribution in [3.8, 4) is 5.75 Å². The second-order valence-corrected chi connectivity index (χ2v) is 3.28. The van der Waals surface area contributed by atoms with Crippen LogP contribution in [0.2, 0.25) is 0 Å². The Labute approximate surface area is 119 Å². The Hall–Kier alpha value is -1.38. The Morgan fingerprint density at radius 2 is 1.29 bits per heavy atom. The Kier molecular flexibility index (Phi) is 8.02. The SMILES string of the molecule is C=C([CH2-])c1ccccc1.[Mg+2].[O-]c1ccccc1. The summed E-state index contributed by atoms with van der Waals surface area (Å²) in [6.07, 6.45) is 0. The van der Waals surface area contributed by atoms with Gasteiger partial charge in [0, 0.05) is 0 Å². The van der Waals surface area contributed by atoms with Gasteiger partial charge >= 0.3 is 23.1 Å². The molecule has 0 atom stereocenters. The molecule has 0 saturated carbocycles. The summed E-state index contributed by atoms with van der Waals surface area (Å²) in [4.78, 5) is 0. The molecule has 0 bridgehead atoms. The number of allylic oxidation sites excluding steroid dienone is 1. The minimum Gasteiger partial charge on any atom is -0.872 e. The first-order valence-corrected chi connectivity index (χ1v) is 4.98. The van der Waals surface area contributed by atoms with Crippen molar-refractivity contribution in [1.29, 1.82) is 0 Å². The van der Waals surface area contributed by atoms with Gasteiger partial charge in [0.25, 0.3) is 0 Å². The molecule has 2 aromatic rings. The minimum atomic E-state index is 0. The second kappa shape index (κ2) is 8.73. The van der Waals surface area contributed by atoms with Gasteiger partial charge in [0.2, 0.25) is 0 Å². The molecule has 1 nitrogen and oxygen atoms in total. The number of hydrogen-bond acceptors (Lipinski definition) is 1.